The van der Waals surface area contributed by atoms with Crippen molar-refractivity contribution in [1.82, 2.24) is 4.98 Å². The summed E-state index contributed by atoms with van der Waals surface area (Å²) in [6.45, 7) is 2.73. The van der Waals surface area contributed by atoms with Crippen LogP contribution in [-0.2, 0) is 9.59 Å². The minimum absolute atomic E-state index is 0.334. The van der Waals surface area contributed by atoms with Crippen LogP contribution >= 0.6 is 0 Å². The summed E-state index contributed by atoms with van der Waals surface area (Å²) in [4.78, 5) is 27.0. The van der Waals surface area contributed by atoms with Crippen molar-refractivity contribution >= 4 is 17.7 Å². The van der Waals surface area contributed by atoms with Crippen molar-refractivity contribution in [2.45, 2.75) is 13.8 Å². The minimum atomic E-state index is -1.06. The number of carbonyl (C=O) groups excluding carboxylic acids is 1. The molecule has 5 nitrogen and oxygen atoms in total. The highest BCUT2D eigenvalue weighted by molar-refractivity contribution is 5.95. The lowest BCUT2D eigenvalue weighted by atomic mass is 10.2. The summed E-state index contributed by atoms with van der Waals surface area (Å²) >= 11 is 0. The first-order valence-corrected chi connectivity index (χ1v) is 4.44. The SMILES string of the molecule is CC(=O)N(CC(=O)O)c1ncccc1C. The van der Waals surface area contributed by atoms with E-state index < -0.39 is 5.97 Å². The Kier molecular flexibility index (Phi) is 3.38. The van der Waals surface area contributed by atoms with Crippen LogP contribution in [0.15, 0.2) is 18.3 Å². The topological polar surface area (TPSA) is 70.5 Å². The second-order valence-corrected chi connectivity index (χ2v) is 3.14. The summed E-state index contributed by atoms with van der Waals surface area (Å²) in [5, 5.41) is 8.66. The summed E-state index contributed by atoms with van der Waals surface area (Å²) in [5.41, 5.74) is 0.772. The predicted octanol–water partition coefficient (Wildman–Crippen LogP) is 0.828. The molecule has 0 aliphatic heterocycles. The number of carboxylic acids is 1. The third-order valence-electron chi connectivity index (χ3n) is 1.91. The second-order valence-electron chi connectivity index (χ2n) is 3.14. The fourth-order valence-corrected chi connectivity index (χ4v) is 1.23. The van der Waals surface area contributed by atoms with Crippen LogP contribution < -0.4 is 4.90 Å². The van der Waals surface area contributed by atoms with E-state index in [0.717, 1.165) is 10.5 Å². The maximum atomic E-state index is 11.3. The van der Waals surface area contributed by atoms with E-state index in [2.05, 4.69) is 4.98 Å². The normalized spacial score (nSPS) is 9.73. The van der Waals surface area contributed by atoms with Crippen molar-refractivity contribution in [1.29, 1.82) is 0 Å². The largest absolute Gasteiger partial charge is 0.480 e. The molecule has 0 aromatic carbocycles. The van der Waals surface area contributed by atoms with Crippen molar-refractivity contribution in [3.05, 3.63) is 23.9 Å². The Morgan fingerprint density at radius 3 is 2.67 bits per heavy atom. The molecule has 0 unspecified atom stereocenters. The van der Waals surface area contributed by atoms with Gasteiger partial charge < -0.3 is 5.11 Å². The lowest BCUT2D eigenvalue weighted by molar-refractivity contribution is -0.136. The summed E-state index contributed by atoms with van der Waals surface area (Å²) in [6, 6.07) is 3.51. The fourth-order valence-electron chi connectivity index (χ4n) is 1.23. The van der Waals surface area contributed by atoms with Gasteiger partial charge in [0.25, 0.3) is 0 Å². The molecule has 1 aromatic heterocycles. The van der Waals surface area contributed by atoms with E-state index in [1.165, 1.54) is 13.1 Å². The van der Waals surface area contributed by atoms with Crippen LogP contribution in [0.5, 0.6) is 0 Å². The molecule has 1 N–H and O–H groups in total. The third kappa shape index (κ3) is 2.77. The zero-order valence-corrected chi connectivity index (χ0v) is 8.60. The molecule has 80 valence electrons. The van der Waals surface area contributed by atoms with Crippen LogP contribution in [0, 0.1) is 6.92 Å². The van der Waals surface area contributed by atoms with E-state index in [9.17, 15) is 9.59 Å². The third-order valence-corrected chi connectivity index (χ3v) is 1.91. The maximum absolute atomic E-state index is 11.3. The number of hydrogen-bond donors (Lipinski definition) is 1. The highest BCUT2D eigenvalue weighted by Crippen LogP contribution is 2.15. The van der Waals surface area contributed by atoms with Crippen LogP contribution in [0.4, 0.5) is 5.82 Å². The number of aryl methyl sites for hydroxylation is 1. The van der Waals surface area contributed by atoms with Crippen molar-refractivity contribution in [3.63, 3.8) is 0 Å². The average Bonchev–Trinajstić information content (AvgIpc) is 2.15. The number of hydrogen-bond acceptors (Lipinski definition) is 3. The van der Waals surface area contributed by atoms with Gasteiger partial charge in [0.05, 0.1) is 0 Å². The van der Waals surface area contributed by atoms with Crippen LogP contribution in [0.2, 0.25) is 0 Å². The molecule has 15 heavy (non-hydrogen) atoms. The van der Waals surface area contributed by atoms with Crippen molar-refractivity contribution < 1.29 is 14.7 Å². The molecule has 0 spiro atoms. The molecule has 1 rings (SSSR count). The van der Waals surface area contributed by atoms with E-state index >= 15 is 0 Å². The van der Waals surface area contributed by atoms with Gasteiger partial charge in [0, 0.05) is 13.1 Å². The number of amides is 1. The molecule has 0 atom stereocenters. The Morgan fingerprint density at radius 1 is 1.53 bits per heavy atom. The van der Waals surface area contributed by atoms with E-state index in [1.54, 1.807) is 19.1 Å². The molecular weight excluding hydrogens is 196 g/mol. The van der Waals surface area contributed by atoms with E-state index in [-0.39, 0.29) is 12.5 Å². The van der Waals surface area contributed by atoms with Gasteiger partial charge in [-0.15, -0.1) is 0 Å². The van der Waals surface area contributed by atoms with Crippen LogP contribution in [0.1, 0.15) is 12.5 Å². The fraction of sp³-hybridized carbons (Fsp3) is 0.300. The lowest BCUT2D eigenvalue weighted by Crippen LogP contribution is -2.35. The summed E-state index contributed by atoms with van der Waals surface area (Å²) in [7, 11) is 0. The van der Waals surface area contributed by atoms with E-state index in [1.807, 2.05) is 0 Å². The molecule has 0 bridgehead atoms. The molecule has 0 saturated carbocycles. The molecule has 0 radical (unpaired) electrons. The number of carboxylic acid groups (broad SMARTS) is 1. The van der Waals surface area contributed by atoms with Gasteiger partial charge in [0.15, 0.2) is 0 Å². The van der Waals surface area contributed by atoms with Crippen LogP contribution in [0.25, 0.3) is 0 Å². The Labute approximate surface area is 87.4 Å². The maximum Gasteiger partial charge on any atom is 0.323 e. The first-order chi connectivity index (χ1) is 7.02. The minimum Gasteiger partial charge on any atom is -0.480 e. The zero-order valence-electron chi connectivity index (χ0n) is 8.60. The van der Waals surface area contributed by atoms with Crippen molar-refractivity contribution in [2.75, 3.05) is 11.4 Å². The zero-order chi connectivity index (χ0) is 11.4. The van der Waals surface area contributed by atoms with Gasteiger partial charge in [-0.25, -0.2) is 4.98 Å². The van der Waals surface area contributed by atoms with Gasteiger partial charge in [0.2, 0.25) is 5.91 Å². The molecule has 0 aliphatic rings. The quantitative estimate of drug-likeness (QED) is 0.798. The number of rotatable bonds is 3. The molecule has 0 aliphatic carbocycles. The molecule has 1 heterocycles. The molecule has 0 saturated heterocycles. The van der Waals surface area contributed by atoms with Gasteiger partial charge in [-0.1, -0.05) is 6.07 Å². The average molecular weight is 208 g/mol. The van der Waals surface area contributed by atoms with Gasteiger partial charge in [0.1, 0.15) is 12.4 Å². The Hall–Kier alpha value is -1.91. The molecule has 1 amide bonds. The predicted molar refractivity (Wildman–Crippen MR) is 54.6 cm³/mol. The van der Waals surface area contributed by atoms with Crippen molar-refractivity contribution in [3.8, 4) is 0 Å². The monoisotopic (exact) mass is 208 g/mol. The summed E-state index contributed by atoms with van der Waals surface area (Å²) < 4.78 is 0. The number of aromatic nitrogens is 1. The number of nitrogens with zero attached hydrogens (tertiary/aromatic N) is 2. The van der Waals surface area contributed by atoms with Gasteiger partial charge in [-0.2, -0.15) is 0 Å². The molecule has 5 heteroatoms. The number of pyridine rings is 1. The highest BCUT2D eigenvalue weighted by Gasteiger charge is 2.17. The van der Waals surface area contributed by atoms with Crippen LogP contribution in [-0.4, -0.2) is 28.5 Å². The van der Waals surface area contributed by atoms with Gasteiger partial charge >= 0.3 is 5.97 Å². The number of aliphatic carboxylic acids is 1. The number of anilines is 1. The standard InChI is InChI=1S/C10H12N2O3/c1-7-4-3-5-11-10(7)12(8(2)13)6-9(14)15/h3-5H,6H2,1-2H3,(H,14,15). The van der Waals surface area contributed by atoms with E-state index in [0.29, 0.717) is 5.82 Å². The van der Waals surface area contributed by atoms with Gasteiger partial charge in [-0.3, -0.25) is 14.5 Å². The summed E-state index contributed by atoms with van der Waals surface area (Å²) in [5.74, 6) is -0.998. The number of carbonyl (C=O) groups is 2. The lowest BCUT2D eigenvalue weighted by Gasteiger charge is -2.19. The van der Waals surface area contributed by atoms with Crippen molar-refractivity contribution in [2.24, 2.45) is 0 Å². The highest BCUT2D eigenvalue weighted by atomic mass is 16.4. The Morgan fingerprint density at radius 2 is 2.20 bits per heavy atom. The smallest absolute Gasteiger partial charge is 0.323 e. The second kappa shape index (κ2) is 4.54. The van der Waals surface area contributed by atoms with Gasteiger partial charge in [-0.05, 0) is 18.6 Å². The first-order valence-electron chi connectivity index (χ1n) is 4.44. The Balaban J connectivity index is 3.04. The van der Waals surface area contributed by atoms with E-state index in [4.69, 9.17) is 5.11 Å². The summed E-state index contributed by atoms with van der Waals surface area (Å²) in [6.07, 6.45) is 1.53. The molecule has 1 aromatic rings. The van der Waals surface area contributed by atoms with Crippen LogP contribution in [0.3, 0.4) is 0 Å². The Bertz CT molecular complexity index is 390. The molecule has 0 fully saturated rings. The molecular formula is C10H12N2O3. The first kappa shape index (κ1) is 11.2.